The van der Waals surface area contributed by atoms with Crippen LogP contribution in [0.4, 0.5) is 8.78 Å². The number of carbonyl (C=O) groups is 1. The second-order valence-corrected chi connectivity index (χ2v) is 7.21. The molecule has 1 aliphatic rings. The lowest BCUT2D eigenvalue weighted by Crippen LogP contribution is -2.54. The molecular formula is C20H32F2IN5O. The first-order valence-corrected chi connectivity index (χ1v) is 9.88. The zero-order valence-electron chi connectivity index (χ0n) is 17.4. The second-order valence-electron chi connectivity index (χ2n) is 7.21. The van der Waals surface area contributed by atoms with Crippen LogP contribution in [0.3, 0.4) is 0 Å². The second kappa shape index (κ2) is 12.9. The number of nitrogens with zero attached hydrogens (tertiary/aromatic N) is 3. The molecule has 2 N–H and O–H groups in total. The maximum absolute atomic E-state index is 13.7. The Hall–Kier alpha value is -1.49. The molecular weight excluding hydrogens is 491 g/mol. The van der Waals surface area contributed by atoms with E-state index in [0.29, 0.717) is 25.1 Å². The molecule has 9 heteroatoms. The molecule has 0 spiro atoms. The van der Waals surface area contributed by atoms with E-state index >= 15 is 0 Å². The lowest BCUT2D eigenvalue weighted by Gasteiger charge is -2.36. The van der Waals surface area contributed by atoms with E-state index in [9.17, 15) is 13.6 Å². The molecule has 0 bridgehead atoms. The fraction of sp³-hybridized carbons (Fsp3) is 0.600. The van der Waals surface area contributed by atoms with E-state index in [4.69, 9.17) is 0 Å². The minimum Gasteiger partial charge on any atom is -0.357 e. The maximum Gasteiger partial charge on any atom is 0.234 e. The van der Waals surface area contributed by atoms with Crippen LogP contribution < -0.4 is 10.6 Å². The monoisotopic (exact) mass is 523 g/mol. The van der Waals surface area contributed by atoms with Gasteiger partial charge in [0.2, 0.25) is 5.91 Å². The zero-order chi connectivity index (χ0) is 20.5. The van der Waals surface area contributed by atoms with Crippen LogP contribution in [0.5, 0.6) is 0 Å². The van der Waals surface area contributed by atoms with Gasteiger partial charge < -0.3 is 15.5 Å². The molecule has 29 heavy (non-hydrogen) atoms. The molecule has 0 atom stereocenters. The van der Waals surface area contributed by atoms with E-state index in [1.165, 1.54) is 6.07 Å². The summed E-state index contributed by atoms with van der Waals surface area (Å²) in [7, 11) is 0. The molecule has 0 aliphatic carbocycles. The molecule has 1 amide bonds. The number of benzene rings is 1. The van der Waals surface area contributed by atoms with Crippen molar-refractivity contribution in [1.82, 2.24) is 20.4 Å². The summed E-state index contributed by atoms with van der Waals surface area (Å²) in [6.07, 6.45) is 0.341. The van der Waals surface area contributed by atoms with Crippen LogP contribution in [0.1, 0.15) is 26.3 Å². The molecule has 1 heterocycles. The van der Waals surface area contributed by atoms with Crippen molar-refractivity contribution in [3.05, 3.63) is 35.4 Å². The first-order chi connectivity index (χ1) is 13.4. The minimum atomic E-state index is -0.440. The van der Waals surface area contributed by atoms with Crippen molar-refractivity contribution >= 4 is 35.8 Å². The smallest absolute Gasteiger partial charge is 0.234 e. The first-order valence-electron chi connectivity index (χ1n) is 9.88. The highest BCUT2D eigenvalue weighted by Crippen LogP contribution is 2.10. The third-order valence-electron chi connectivity index (χ3n) is 4.47. The van der Waals surface area contributed by atoms with Gasteiger partial charge in [0.15, 0.2) is 5.96 Å². The van der Waals surface area contributed by atoms with E-state index in [1.54, 1.807) is 0 Å². The van der Waals surface area contributed by atoms with Gasteiger partial charge in [-0.15, -0.1) is 24.0 Å². The SMILES string of the molecule is CCNC(=NCCc1cc(F)ccc1F)N1CCN(CC(=O)NC(C)C)CC1.I. The highest BCUT2D eigenvalue weighted by molar-refractivity contribution is 14.0. The maximum atomic E-state index is 13.7. The number of aliphatic imine (C=N–C) groups is 1. The van der Waals surface area contributed by atoms with Crippen LogP contribution in [-0.4, -0.2) is 73.5 Å². The summed E-state index contributed by atoms with van der Waals surface area (Å²) in [5.41, 5.74) is 0.334. The molecule has 1 fully saturated rings. The quantitative estimate of drug-likeness (QED) is 0.327. The number of piperazine rings is 1. The Kier molecular flexibility index (Phi) is 11.4. The summed E-state index contributed by atoms with van der Waals surface area (Å²) < 4.78 is 27.0. The zero-order valence-corrected chi connectivity index (χ0v) is 19.7. The Morgan fingerprint density at radius 3 is 2.52 bits per heavy atom. The Bertz CT molecular complexity index is 679. The fourth-order valence-corrected chi connectivity index (χ4v) is 3.13. The molecule has 6 nitrogen and oxygen atoms in total. The molecule has 0 saturated carbocycles. The number of amides is 1. The standard InChI is InChI=1S/C20H31F2N5O.HI/c1-4-23-20(24-8-7-16-13-17(21)5-6-18(16)22)27-11-9-26(10-12-27)14-19(28)25-15(2)3;/h5-6,13,15H,4,7-12,14H2,1-3H3,(H,23,24)(H,25,28);1H. The van der Waals surface area contributed by atoms with Gasteiger partial charge >= 0.3 is 0 Å². The van der Waals surface area contributed by atoms with Crippen LogP contribution in [0, 0.1) is 11.6 Å². The highest BCUT2D eigenvalue weighted by Gasteiger charge is 2.21. The number of hydrogen-bond acceptors (Lipinski definition) is 3. The Balaban J connectivity index is 0.00000420. The van der Waals surface area contributed by atoms with Crippen molar-refractivity contribution in [2.75, 3.05) is 45.8 Å². The molecule has 0 radical (unpaired) electrons. The number of carbonyl (C=O) groups excluding carboxylic acids is 1. The Morgan fingerprint density at radius 2 is 1.90 bits per heavy atom. The Labute approximate surface area is 189 Å². The molecule has 2 rings (SSSR count). The molecule has 1 aromatic carbocycles. The summed E-state index contributed by atoms with van der Waals surface area (Å²) in [4.78, 5) is 20.7. The van der Waals surface area contributed by atoms with Crippen LogP contribution >= 0.6 is 24.0 Å². The van der Waals surface area contributed by atoms with Crippen LogP contribution in [-0.2, 0) is 11.2 Å². The van der Waals surface area contributed by atoms with Crippen LogP contribution in [0.25, 0.3) is 0 Å². The number of halogens is 3. The lowest BCUT2D eigenvalue weighted by atomic mass is 10.1. The normalized spacial score (nSPS) is 15.2. The average Bonchev–Trinajstić information content (AvgIpc) is 2.64. The lowest BCUT2D eigenvalue weighted by molar-refractivity contribution is -0.123. The summed E-state index contributed by atoms with van der Waals surface area (Å²) >= 11 is 0. The minimum absolute atomic E-state index is 0. The van der Waals surface area contributed by atoms with Gasteiger partial charge in [-0.05, 0) is 51.0 Å². The van der Waals surface area contributed by atoms with Crippen molar-refractivity contribution in [1.29, 1.82) is 0 Å². The van der Waals surface area contributed by atoms with Gasteiger partial charge in [-0.2, -0.15) is 0 Å². The van der Waals surface area contributed by atoms with Crippen LogP contribution in [0.2, 0.25) is 0 Å². The molecule has 0 aromatic heterocycles. The van der Waals surface area contributed by atoms with Crippen molar-refractivity contribution in [3.63, 3.8) is 0 Å². The fourth-order valence-electron chi connectivity index (χ4n) is 3.13. The third-order valence-corrected chi connectivity index (χ3v) is 4.47. The highest BCUT2D eigenvalue weighted by atomic mass is 127. The van der Waals surface area contributed by atoms with Gasteiger partial charge in [0.1, 0.15) is 11.6 Å². The first kappa shape index (κ1) is 25.5. The van der Waals surface area contributed by atoms with E-state index < -0.39 is 11.6 Å². The van der Waals surface area contributed by atoms with Crippen molar-refractivity contribution < 1.29 is 13.6 Å². The van der Waals surface area contributed by atoms with Crippen LogP contribution in [0.15, 0.2) is 23.2 Å². The topological polar surface area (TPSA) is 60.0 Å². The number of hydrogen-bond donors (Lipinski definition) is 2. The molecule has 0 unspecified atom stereocenters. The predicted molar refractivity (Wildman–Crippen MR) is 123 cm³/mol. The van der Waals surface area contributed by atoms with E-state index in [2.05, 4.69) is 25.4 Å². The van der Waals surface area contributed by atoms with Gasteiger partial charge in [-0.25, -0.2) is 8.78 Å². The molecule has 1 saturated heterocycles. The largest absolute Gasteiger partial charge is 0.357 e. The van der Waals surface area contributed by atoms with Gasteiger partial charge in [-0.1, -0.05) is 0 Å². The van der Waals surface area contributed by atoms with E-state index in [0.717, 1.165) is 50.8 Å². The molecule has 1 aliphatic heterocycles. The van der Waals surface area contributed by atoms with Crippen molar-refractivity contribution in [2.24, 2.45) is 4.99 Å². The average molecular weight is 523 g/mol. The number of nitrogens with one attached hydrogen (secondary N) is 2. The summed E-state index contributed by atoms with van der Waals surface area (Å²) in [5.74, 6) is -0.0356. The molecule has 164 valence electrons. The predicted octanol–water partition coefficient (Wildman–Crippen LogP) is 2.23. The van der Waals surface area contributed by atoms with E-state index in [-0.39, 0.29) is 35.9 Å². The van der Waals surface area contributed by atoms with Gasteiger partial charge in [-0.3, -0.25) is 14.7 Å². The number of guanidine groups is 1. The summed E-state index contributed by atoms with van der Waals surface area (Å²) in [6.45, 7) is 10.5. The summed E-state index contributed by atoms with van der Waals surface area (Å²) in [6, 6.07) is 3.63. The van der Waals surface area contributed by atoms with Gasteiger partial charge in [0, 0.05) is 45.3 Å². The Morgan fingerprint density at radius 1 is 1.21 bits per heavy atom. The van der Waals surface area contributed by atoms with Gasteiger partial charge in [0.25, 0.3) is 0 Å². The van der Waals surface area contributed by atoms with E-state index in [1.807, 2.05) is 20.8 Å². The third kappa shape index (κ3) is 8.81. The van der Waals surface area contributed by atoms with Gasteiger partial charge in [0.05, 0.1) is 6.54 Å². The summed E-state index contributed by atoms with van der Waals surface area (Å²) in [5, 5.41) is 6.17. The molecule has 1 aromatic rings. The van der Waals surface area contributed by atoms with Crippen molar-refractivity contribution in [3.8, 4) is 0 Å². The number of rotatable bonds is 7. The van der Waals surface area contributed by atoms with Crippen molar-refractivity contribution in [2.45, 2.75) is 33.2 Å².